The molecule has 96 valence electrons. The van der Waals surface area contributed by atoms with E-state index in [1.807, 2.05) is 13.1 Å². The van der Waals surface area contributed by atoms with Crippen LogP contribution in [0.4, 0.5) is 0 Å². The third-order valence-electron chi connectivity index (χ3n) is 2.97. The molecule has 1 aromatic heterocycles. The van der Waals surface area contributed by atoms with Crippen LogP contribution in [0.25, 0.3) is 0 Å². The minimum Gasteiger partial charge on any atom is -0.320 e. The first-order valence-electron chi connectivity index (χ1n) is 6.33. The molecule has 0 radical (unpaired) electrons. The van der Waals surface area contributed by atoms with Crippen molar-refractivity contribution in [2.24, 2.45) is 0 Å². The average Bonchev–Trinajstić information content (AvgIpc) is 2.88. The lowest BCUT2D eigenvalue weighted by atomic mass is 10.0. The Balaban J connectivity index is 2.01. The van der Waals surface area contributed by atoms with E-state index < -0.39 is 0 Å². The Kier molecular flexibility index (Phi) is 4.84. The second-order valence-corrected chi connectivity index (χ2v) is 5.47. The van der Waals surface area contributed by atoms with Gasteiger partial charge < -0.3 is 5.32 Å². The molecule has 2 aromatic rings. The molecule has 0 amide bonds. The fraction of sp³-hybridized carbons (Fsp3) is 0.429. The second kappa shape index (κ2) is 6.61. The number of hydrogen-bond acceptors (Lipinski definition) is 4. The summed E-state index contributed by atoms with van der Waals surface area (Å²) in [7, 11) is 1.98. The SMILES string of the molecule is CNCCCc1nnc(C(C)c2ccccc2)s1. The van der Waals surface area contributed by atoms with E-state index in [0.29, 0.717) is 5.92 Å². The van der Waals surface area contributed by atoms with Gasteiger partial charge in [-0.25, -0.2) is 0 Å². The zero-order valence-electron chi connectivity index (χ0n) is 10.9. The van der Waals surface area contributed by atoms with Crippen molar-refractivity contribution in [1.82, 2.24) is 15.5 Å². The number of aromatic nitrogens is 2. The molecule has 0 saturated carbocycles. The quantitative estimate of drug-likeness (QED) is 0.813. The van der Waals surface area contributed by atoms with Crippen LogP contribution in [0, 0.1) is 0 Å². The molecule has 18 heavy (non-hydrogen) atoms. The molecule has 0 aliphatic carbocycles. The molecule has 1 heterocycles. The Hall–Kier alpha value is -1.26. The molecule has 3 nitrogen and oxygen atoms in total. The fourth-order valence-electron chi connectivity index (χ4n) is 1.84. The molecule has 1 unspecified atom stereocenters. The summed E-state index contributed by atoms with van der Waals surface area (Å²) < 4.78 is 0. The zero-order chi connectivity index (χ0) is 12.8. The number of benzene rings is 1. The van der Waals surface area contributed by atoms with Crippen LogP contribution in [0.1, 0.15) is 34.8 Å². The second-order valence-electron chi connectivity index (χ2n) is 4.37. The van der Waals surface area contributed by atoms with Gasteiger partial charge in [0.2, 0.25) is 0 Å². The highest BCUT2D eigenvalue weighted by atomic mass is 32.1. The van der Waals surface area contributed by atoms with Gasteiger partial charge >= 0.3 is 0 Å². The van der Waals surface area contributed by atoms with Crippen molar-refractivity contribution in [1.29, 1.82) is 0 Å². The van der Waals surface area contributed by atoms with E-state index in [1.165, 1.54) is 5.56 Å². The highest BCUT2D eigenvalue weighted by Gasteiger charge is 2.13. The van der Waals surface area contributed by atoms with Crippen molar-refractivity contribution >= 4 is 11.3 Å². The number of hydrogen-bond donors (Lipinski definition) is 1. The van der Waals surface area contributed by atoms with Crippen molar-refractivity contribution < 1.29 is 0 Å². The molecule has 0 bridgehead atoms. The van der Waals surface area contributed by atoms with E-state index in [-0.39, 0.29) is 0 Å². The summed E-state index contributed by atoms with van der Waals surface area (Å²) in [4.78, 5) is 0. The van der Waals surface area contributed by atoms with E-state index >= 15 is 0 Å². The molecule has 2 rings (SSSR count). The lowest BCUT2D eigenvalue weighted by Crippen LogP contribution is -2.08. The molecule has 0 saturated heterocycles. The Bertz CT molecular complexity index is 467. The summed E-state index contributed by atoms with van der Waals surface area (Å²) in [5.41, 5.74) is 1.30. The van der Waals surface area contributed by atoms with E-state index in [1.54, 1.807) is 11.3 Å². The van der Waals surface area contributed by atoms with E-state index in [9.17, 15) is 0 Å². The molecule has 1 atom stereocenters. The molecule has 4 heteroatoms. The standard InChI is InChI=1S/C14H19N3S/c1-11(12-7-4-3-5-8-12)14-17-16-13(18-14)9-6-10-15-2/h3-5,7-8,11,15H,6,9-10H2,1-2H3. The normalized spacial score (nSPS) is 12.6. The summed E-state index contributed by atoms with van der Waals surface area (Å²) >= 11 is 1.74. The first-order valence-corrected chi connectivity index (χ1v) is 7.14. The Morgan fingerprint density at radius 3 is 2.72 bits per heavy atom. The minimum atomic E-state index is 0.335. The van der Waals surface area contributed by atoms with E-state index in [2.05, 4.69) is 46.7 Å². The van der Waals surface area contributed by atoms with Gasteiger partial charge in [0.25, 0.3) is 0 Å². The van der Waals surface area contributed by atoms with Crippen LogP contribution in [0.5, 0.6) is 0 Å². The number of aryl methyl sites for hydroxylation is 1. The Labute approximate surface area is 112 Å². The van der Waals surface area contributed by atoms with Gasteiger partial charge in [0.05, 0.1) is 0 Å². The largest absolute Gasteiger partial charge is 0.320 e. The maximum Gasteiger partial charge on any atom is 0.124 e. The van der Waals surface area contributed by atoms with E-state index in [0.717, 1.165) is 29.4 Å². The molecule has 0 spiro atoms. The van der Waals surface area contributed by atoms with Crippen LogP contribution >= 0.6 is 11.3 Å². The Morgan fingerprint density at radius 1 is 1.22 bits per heavy atom. The maximum atomic E-state index is 4.32. The molecular weight excluding hydrogens is 242 g/mol. The molecule has 0 aliphatic rings. The monoisotopic (exact) mass is 261 g/mol. The fourth-order valence-corrected chi connectivity index (χ4v) is 2.81. The first-order chi connectivity index (χ1) is 8.81. The Morgan fingerprint density at radius 2 is 2.00 bits per heavy atom. The average molecular weight is 261 g/mol. The third kappa shape index (κ3) is 3.37. The molecule has 1 aromatic carbocycles. The van der Waals surface area contributed by atoms with Gasteiger partial charge in [-0.2, -0.15) is 0 Å². The van der Waals surface area contributed by atoms with Gasteiger partial charge in [-0.15, -0.1) is 21.5 Å². The summed E-state index contributed by atoms with van der Waals surface area (Å²) in [6.45, 7) is 3.22. The van der Waals surface area contributed by atoms with Crippen LogP contribution in [-0.2, 0) is 6.42 Å². The molecular formula is C14H19N3S. The van der Waals surface area contributed by atoms with Gasteiger partial charge in [-0.3, -0.25) is 0 Å². The summed E-state index contributed by atoms with van der Waals surface area (Å²) in [5.74, 6) is 0.335. The lowest BCUT2D eigenvalue weighted by Gasteiger charge is -2.06. The van der Waals surface area contributed by atoms with Crippen LogP contribution in [0.3, 0.4) is 0 Å². The smallest absolute Gasteiger partial charge is 0.124 e. The molecule has 0 fully saturated rings. The van der Waals surface area contributed by atoms with Gasteiger partial charge in [-0.05, 0) is 25.6 Å². The highest BCUT2D eigenvalue weighted by Crippen LogP contribution is 2.26. The predicted octanol–water partition coefficient (Wildman–Crippen LogP) is 2.84. The summed E-state index contributed by atoms with van der Waals surface area (Å²) in [6.07, 6.45) is 2.13. The van der Waals surface area contributed by atoms with Gasteiger partial charge in [0, 0.05) is 12.3 Å². The van der Waals surface area contributed by atoms with Crippen molar-refractivity contribution in [2.75, 3.05) is 13.6 Å². The highest BCUT2D eigenvalue weighted by molar-refractivity contribution is 7.11. The van der Waals surface area contributed by atoms with Crippen LogP contribution in [-0.4, -0.2) is 23.8 Å². The summed E-state index contributed by atoms with van der Waals surface area (Å²) in [5, 5.41) is 14.0. The molecule has 0 aliphatic heterocycles. The minimum absolute atomic E-state index is 0.335. The lowest BCUT2D eigenvalue weighted by molar-refractivity contribution is 0.716. The van der Waals surface area contributed by atoms with Crippen molar-refractivity contribution in [3.8, 4) is 0 Å². The maximum absolute atomic E-state index is 4.32. The molecule has 1 N–H and O–H groups in total. The number of nitrogens with zero attached hydrogens (tertiary/aromatic N) is 2. The van der Waals surface area contributed by atoms with Gasteiger partial charge in [-0.1, -0.05) is 37.3 Å². The van der Waals surface area contributed by atoms with Crippen molar-refractivity contribution in [3.63, 3.8) is 0 Å². The van der Waals surface area contributed by atoms with Crippen molar-refractivity contribution in [2.45, 2.75) is 25.7 Å². The first kappa shape index (κ1) is 13.2. The van der Waals surface area contributed by atoms with Crippen LogP contribution in [0.2, 0.25) is 0 Å². The third-order valence-corrected chi connectivity index (χ3v) is 4.14. The number of rotatable bonds is 6. The summed E-state index contributed by atoms with van der Waals surface area (Å²) in [6, 6.07) is 10.5. The van der Waals surface area contributed by atoms with Gasteiger partial charge in [0.15, 0.2) is 0 Å². The predicted molar refractivity (Wildman–Crippen MR) is 76.1 cm³/mol. The van der Waals surface area contributed by atoms with Gasteiger partial charge in [0.1, 0.15) is 10.0 Å². The topological polar surface area (TPSA) is 37.8 Å². The van der Waals surface area contributed by atoms with Crippen LogP contribution < -0.4 is 5.32 Å². The van der Waals surface area contributed by atoms with E-state index in [4.69, 9.17) is 0 Å². The van der Waals surface area contributed by atoms with Crippen LogP contribution in [0.15, 0.2) is 30.3 Å². The number of nitrogens with one attached hydrogen (secondary N) is 1. The zero-order valence-corrected chi connectivity index (χ0v) is 11.7. The van der Waals surface area contributed by atoms with Crippen molar-refractivity contribution in [3.05, 3.63) is 45.9 Å².